The van der Waals surface area contributed by atoms with Crippen LogP contribution in [-0.2, 0) is 11.3 Å². The second kappa shape index (κ2) is 6.19. The van der Waals surface area contributed by atoms with Crippen molar-refractivity contribution in [1.29, 1.82) is 0 Å². The summed E-state index contributed by atoms with van der Waals surface area (Å²) in [5.41, 5.74) is 1.81. The van der Waals surface area contributed by atoms with Crippen molar-refractivity contribution in [2.75, 3.05) is 12.4 Å². The van der Waals surface area contributed by atoms with Gasteiger partial charge < -0.3 is 15.0 Å². The number of carbonyl (C=O) groups is 1. The van der Waals surface area contributed by atoms with Crippen LogP contribution in [0.25, 0.3) is 11.0 Å². The van der Waals surface area contributed by atoms with Gasteiger partial charge in [0.1, 0.15) is 23.8 Å². The number of aryl methyl sites for hydroxylation is 2. The molecule has 2 heterocycles. The van der Waals surface area contributed by atoms with Gasteiger partial charge in [0, 0.05) is 11.4 Å². The van der Waals surface area contributed by atoms with Gasteiger partial charge in [0.15, 0.2) is 0 Å². The summed E-state index contributed by atoms with van der Waals surface area (Å²) in [4.78, 5) is 32.2. The van der Waals surface area contributed by atoms with Crippen molar-refractivity contribution in [2.24, 2.45) is 0 Å². The number of aromatic amines is 1. The molecule has 24 heavy (non-hydrogen) atoms. The van der Waals surface area contributed by atoms with Crippen molar-refractivity contribution in [3.05, 3.63) is 52.2 Å². The van der Waals surface area contributed by atoms with Crippen molar-refractivity contribution >= 4 is 22.6 Å². The molecule has 0 aliphatic carbocycles. The average molecular weight is 326 g/mol. The van der Waals surface area contributed by atoms with Crippen molar-refractivity contribution in [2.45, 2.75) is 20.4 Å². The van der Waals surface area contributed by atoms with E-state index in [-0.39, 0.29) is 18.0 Å². The van der Waals surface area contributed by atoms with Crippen LogP contribution in [0.1, 0.15) is 11.5 Å². The molecule has 1 amide bonds. The molecule has 0 saturated heterocycles. The van der Waals surface area contributed by atoms with E-state index >= 15 is 0 Å². The molecule has 0 bridgehead atoms. The number of H-pyrrole nitrogens is 1. The maximum absolute atomic E-state index is 12.5. The largest absolute Gasteiger partial charge is 0.497 e. The number of rotatable bonds is 4. The van der Waals surface area contributed by atoms with Gasteiger partial charge in [-0.15, -0.1) is 0 Å². The summed E-state index contributed by atoms with van der Waals surface area (Å²) in [7, 11) is 1.58. The van der Waals surface area contributed by atoms with Gasteiger partial charge in [0.05, 0.1) is 12.5 Å². The molecule has 0 aliphatic heterocycles. The molecule has 2 aromatic heterocycles. The fraction of sp³-hybridized carbons (Fsp3) is 0.235. The lowest BCUT2D eigenvalue weighted by Crippen LogP contribution is -2.30. The Morgan fingerprint density at radius 2 is 2.00 bits per heavy atom. The lowest BCUT2D eigenvalue weighted by atomic mass is 10.3. The van der Waals surface area contributed by atoms with E-state index in [4.69, 9.17) is 4.74 Å². The zero-order valence-electron chi connectivity index (χ0n) is 13.7. The van der Waals surface area contributed by atoms with Gasteiger partial charge in [0.25, 0.3) is 5.56 Å². The summed E-state index contributed by atoms with van der Waals surface area (Å²) in [6.07, 6.45) is 0. The van der Waals surface area contributed by atoms with Crippen molar-refractivity contribution in [3.63, 3.8) is 0 Å². The van der Waals surface area contributed by atoms with Crippen molar-refractivity contribution in [3.8, 4) is 5.75 Å². The second-order valence-corrected chi connectivity index (χ2v) is 5.54. The monoisotopic (exact) mass is 326 g/mol. The number of aromatic nitrogens is 3. The van der Waals surface area contributed by atoms with Crippen LogP contribution < -0.4 is 15.6 Å². The molecule has 124 valence electrons. The smallest absolute Gasteiger partial charge is 0.263 e. The summed E-state index contributed by atoms with van der Waals surface area (Å²) < 4.78 is 6.44. The van der Waals surface area contributed by atoms with E-state index in [0.29, 0.717) is 28.3 Å². The predicted molar refractivity (Wildman–Crippen MR) is 91.5 cm³/mol. The first kappa shape index (κ1) is 15.8. The van der Waals surface area contributed by atoms with E-state index < -0.39 is 0 Å². The van der Waals surface area contributed by atoms with Crippen LogP contribution in [-0.4, -0.2) is 27.6 Å². The Labute approximate surface area is 138 Å². The number of nitrogens with one attached hydrogen (secondary N) is 2. The number of amides is 1. The van der Waals surface area contributed by atoms with Gasteiger partial charge >= 0.3 is 0 Å². The maximum Gasteiger partial charge on any atom is 0.263 e. The Bertz CT molecular complexity index is 954. The number of carbonyl (C=O) groups excluding carboxylic acids is 1. The normalized spacial score (nSPS) is 10.8. The molecule has 7 heteroatoms. The Balaban J connectivity index is 1.83. The molecule has 3 rings (SSSR count). The summed E-state index contributed by atoms with van der Waals surface area (Å²) in [5.74, 6) is 0.899. The van der Waals surface area contributed by atoms with Crippen LogP contribution in [0.4, 0.5) is 5.69 Å². The molecular formula is C17H18N4O3. The third-order valence-corrected chi connectivity index (χ3v) is 3.75. The number of nitrogens with zero attached hydrogens (tertiary/aromatic N) is 2. The van der Waals surface area contributed by atoms with Gasteiger partial charge in [-0.2, -0.15) is 0 Å². The van der Waals surface area contributed by atoms with E-state index in [1.165, 1.54) is 4.57 Å². The first-order valence-electron chi connectivity index (χ1n) is 7.48. The number of methoxy groups -OCH3 is 1. The molecule has 0 atom stereocenters. The molecule has 2 N–H and O–H groups in total. The van der Waals surface area contributed by atoms with Gasteiger partial charge in [-0.1, -0.05) is 0 Å². The van der Waals surface area contributed by atoms with Crippen molar-refractivity contribution in [1.82, 2.24) is 14.5 Å². The SMILES string of the molecule is COc1ccc(NC(=O)Cn2c(C)nc3[nH]c(C)cc3c2=O)cc1. The summed E-state index contributed by atoms with van der Waals surface area (Å²) in [5, 5.41) is 3.24. The van der Waals surface area contributed by atoms with E-state index in [0.717, 1.165) is 5.69 Å². The van der Waals surface area contributed by atoms with Gasteiger partial charge in [-0.05, 0) is 44.2 Å². The zero-order chi connectivity index (χ0) is 17.3. The number of hydrogen-bond acceptors (Lipinski definition) is 4. The minimum atomic E-state index is -0.293. The number of anilines is 1. The molecule has 0 fully saturated rings. The Hall–Kier alpha value is -3.09. The molecule has 3 aromatic rings. The van der Waals surface area contributed by atoms with Crippen LogP contribution in [0.15, 0.2) is 35.1 Å². The molecule has 7 nitrogen and oxygen atoms in total. The first-order chi connectivity index (χ1) is 11.5. The van der Waals surface area contributed by atoms with Crippen LogP contribution in [0, 0.1) is 13.8 Å². The first-order valence-corrected chi connectivity index (χ1v) is 7.48. The van der Waals surface area contributed by atoms with E-state index in [1.807, 2.05) is 6.92 Å². The maximum atomic E-state index is 12.5. The molecule has 0 radical (unpaired) electrons. The Morgan fingerprint density at radius 1 is 1.29 bits per heavy atom. The van der Waals surface area contributed by atoms with Gasteiger partial charge in [-0.25, -0.2) is 4.98 Å². The van der Waals surface area contributed by atoms with Gasteiger partial charge in [-0.3, -0.25) is 14.2 Å². The highest BCUT2D eigenvalue weighted by Crippen LogP contribution is 2.15. The lowest BCUT2D eigenvalue weighted by Gasteiger charge is -2.10. The average Bonchev–Trinajstić information content (AvgIpc) is 2.92. The summed E-state index contributed by atoms with van der Waals surface area (Å²) >= 11 is 0. The van der Waals surface area contributed by atoms with Crippen LogP contribution in [0.2, 0.25) is 0 Å². The standard InChI is InChI=1S/C17H18N4O3/c1-10-8-14-16(18-10)19-11(2)21(17(14)23)9-15(22)20-12-4-6-13(24-3)7-5-12/h4-8,18H,9H2,1-3H3,(H,20,22). The van der Waals surface area contributed by atoms with E-state index in [1.54, 1.807) is 44.4 Å². The molecular weight excluding hydrogens is 308 g/mol. The van der Waals surface area contributed by atoms with Crippen LogP contribution in [0.5, 0.6) is 5.75 Å². The fourth-order valence-electron chi connectivity index (χ4n) is 2.55. The fourth-order valence-corrected chi connectivity index (χ4v) is 2.55. The lowest BCUT2D eigenvalue weighted by molar-refractivity contribution is -0.116. The Kier molecular flexibility index (Phi) is 4.07. The third-order valence-electron chi connectivity index (χ3n) is 3.75. The topological polar surface area (TPSA) is 89.0 Å². The number of benzene rings is 1. The molecule has 1 aromatic carbocycles. The number of ether oxygens (including phenoxy) is 1. The van der Waals surface area contributed by atoms with Crippen molar-refractivity contribution < 1.29 is 9.53 Å². The molecule has 0 unspecified atom stereocenters. The summed E-state index contributed by atoms with van der Waals surface area (Å²) in [6.45, 7) is 3.47. The molecule has 0 saturated carbocycles. The quantitative estimate of drug-likeness (QED) is 0.767. The second-order valence-electron chi connectivity index (χ2n) is 5.54. The summed E-state index contributed by atoms with van der Waals surface area (Å²) in [6, 6.07) is 8.72. The van der Waals surface area contributed by atoms with Gasteiger partial charge in [0.2, 0.25) is 5.91 Å². The predicted octanol–water partition coefficient (Wildman–Crippen LogP) is 1.99. The third kappa shape index (κ3) is 3.01. The highest BCUT2D eigenvalue weighted by atomic mass is 16.5. The minimum absolute atomic E-state index is 0.0934. The van der Waals surface area contributed by atoms with E-state index in [9.17, 15) is 9.59 Å². The van der Waals surface area contributed by atoms with Crippen LogP contribution in [0.3, 0.4) is 0 Å². The highest BCUT2D eigenvalue weighted by molar-refractivity contribution is 5.90. The van der Waals surface area contributed by atoms with Crippen LogP contribution >= 0.6 is 0 Å². The minimum Gasteiger partial charge on any atom is -0.497 e. The number of fused-ring (bicyclic) bond motifs is 1. The highest BCUT2D eigenvalue weighted by Gasteiger charge is 2.13. The number of hydrogen-bond donors (Lipinski definition) is 2. The molecule has 0 spiro atoms. The zero-order valence-corrected chi connectivity index (χ0v) is 13.7. The molecule has 0 aliphatic rings. The Morgan fingerprint density at radius 3 is 2.67 bits per heavy atom. The van der Waals surface area contributed by atoms with E-state index in [2.05, 4.69) is 15.3 Å².